The van der Waals surface area contributed by atoms with Crippen molar-refractivity contribution < 1.29 is 18.7 Å². The maximum absolute atomic E-state index is 14.3. The number of hydrogen-bond acceptors (Lipinski definition) is 6. The highest BCUT2D eigenvalue weighted by Gasteiger charge is 2.26. The van der Waals surface area contributed by atoms with Gasteiger partial charge in [-0.2, -0.15) is 0 Å². The number of ether oxygens (including phenoxy) is 1. The lowest BCUT2D eigenvalue weighted by Crippen LogP contribution is -2.47. The molecule has 2 aromatic rings. The van der Waals surface area contributed by atoms with Crippen molar-refractivity contribution in [2.24, 2.45) is 0 Å². The molecule has 0 bridgehead atoms. The highest BCUT2D eigenvalue weighted by atomic mass is 32.1. The van der Waals surface area contributed by atoms with Gasteiger partial charge in [0.25, 0.3) is 11.8 Å². The predicted octanol–water partition coefficient (Wildman–Crippen LogP) is 3.30. The van der Waals surface area contributed by atoms with E-state index in [1.165, 1.54) is 24.4 Å². The lowest BCUT2D eigenvalue weighted by Gasteiger charge is -2.32. The van der Waals surface area contributed by atoms with E-state index in [2.05, 4.69) is 27.4 Å². The van der Waals surface area contributed by atoms with Crippen molar-refractivity contribution in [2.75, 3.05) is 45.2 Å². The van der Waals surface area contributed by atoms with Crippen molar-refractivity contribution in [1.29, 1.82) is 0 Å². The number of hydrogen-bond donors (Lipinski definition) is 2. The molecule has 8 nitrogen and oxygen atoms in total. The van der Waals surface area contributed by atoms with E-state index in [1.807, 2.05) is 7.05 Å². The molecule has 1 aliphatic heterocycles. The molecule has 3 rings (SSSR count). The van der Waals surface area contributed by atoms with Gasteiger partial charge in [-0.1, -0.05) is 19.8 Å². The second kappa shape index (κ2) is 12.4. The van der Waals surface area contributed by atoms with Crippen LogP contribution in [0.15, 0.2) is 36.5 Å². The highest BCUT2D eigenvalue weighted by molar-refractivity contribution is 7.80. The van der Waals surface area contributed by atoms with Crippen LogP contribution in [0.2, 0.25) is 0 Å². The van der Waals surface area contributed by atoms with E-state index >= 15 is 0 Å². The average Bonchev–Trinajstić information content (AvgIpc) is 2.83. The molecule has 1 aromatic carbocycles. The van der Waals surface area contributed by atoms with Crippen LogP contribution in [0.4, 0.5) is 10.1 Å². The molecule has 182 valence electrons. The molecular formula is C24H30FN5O3S. The number of likely N-dealkylation sites (N-methyl/N-ethyl adjacent to an activating group) is 1. The third-order valence-corrected chi connectivity index (χ3v) is 5.67. The lowest BCUT2D eigenvalue weighted by atomic mass is 10.1. The summed E-state index contributed by atoms with van der Waals surface area (Å²) in [6, 6.07) is 7.49. The molecule has 1 aromatic heterocycles. The Hall–Kier alpha value is -3.11. The van der Waals surface area contributed by atoms with Crippen molar-refractivity contribution in [2.45, 2.75) is 26.2 Å². The number of unbranched alkanes of at least 4 members (excludes halogenated alkanes) is 2. The number of pyridine rings is 1. The number of benzene rings is 1. The Labute approximate surface area is 204 Å². The molecule has 1 fully saturated rings. The molecule has 0 saturated carbocycles. The number of halogens is 1. The van der Waals surface area contributed by atoms with E-state index in [1.54, 1.807) is 17.0 Å². The largest absolute Gasteiger partial charge is 0.491 e. The van der Waals surface area contributed by atoms with E-state index in [0.717, 1.165) is 32.4 Å². The zero-order chi connectivity index (χ0) is 24.5. The smallest absolute Gasteiger partial charge is 0.273 e. The fourth-order valence-electron chi connectivity index (χ4n) is 3.48. The van der Waals surface area contributed by atoms with Gasteiger partial charge < -0.3 is 19.9 Å². The lowest BCUT2D eigenvalue weighted by molar-refractivity contribution is 0.0654. The number of nitrogens with zero attached hydrogens (tertiary/aromatic N) is 3. The SMILES string of the molecule is CCCCCOc1ccc(NC(=S)NC(=O)c2cccnc2C(=O)N2CCN(C)CC2)cc1F. The Balaban J connectivity index is 1.60. The molecule has 2 amide bonds. The number of nitrogens with one attached hydrogen (secondary N) is 2. The van der Waals surface area contributed by atoms with E-state index in [-0.39, 0.29) is 28.0 Å². The number of carbonyl (C=O) groups excluding carboxylic acids is 2. The topological polar surface area (TPSA) is 86.8 Å². The van der Waals surface area contributed by atoms with Gasteiger partial charge in [-0.05, 0) is 50.0 Å². The maximum Gasteiger partial charge on any atom is 0.273 e. The van der Waals surface area contributed by atoms with Crippen LogP contribution in [0, 0.1) is 5.82 Å². The first-order valence-corrected chi connectivity index (χ1v) is 11.8. The van der Waals surface area contributed by atoms with Gasteiger partial charge in [-0.3, -0.25) is 19.9 Å². The van der Waals surface area contributed by atoms with Crippen LogP contribution in [-0.4, -0.2) is 71.5 Å². The minimum atomic E-state index is -0.570. The first kappa shape index (κ1) is 25.5. The highest BCUT2D eigenvalue weighted by Crippen LogP contribution is 2.21. The number of anilines is 1. The van der Waals surface area contributed by atoms with E-state index in [4.69, 9.17) is 17.0 Å². The molecule has 2 N–H and O–H groups in total. The van der Waals surface area contributed by atoms with Gasteiger partial charge >= 0.3 is 0 Å². The van der Waals surface area contributed by atoms with Gasteiger partial charge in [-0.25, -0.2) is 4.39 Å². The monoisotopic (exact) mass is 487 g/mol. The van der Waals surface area contributed by atoms with Crippen molar-refractivity contribution in [3.8, 4) is 5.75 Å². The molecule has 0 spiro atoms. The van der Waals surface area contributed by atoms with E-state index < -0.39 is 11.7 Å². The standard InChI is InChI=1S/C24H30FN5O3S/c1-3-4-5-15-33-20-9-8-17(16-19(20)25)27-24(34)28-22(31)18-7-6-10-26-21(18)23(32)30-13-11-29(2)12-14-30/h6-10,16H,3-5,11-15H2,1-2H3,(H2,27,28,31,34). The van der Waals surface area contributed by atoms with Gasteiger partial charge in [0, 0.05) is 44.1 Å². The summed E-state index contributed by atoms with van der Waals surface area (Å²) < 4.78 is 19.8. The fourth-order valence-corrected chi connectivity index (χ4v) is 3.69. The van der Waals surface area contributed by atoms with E-state index in [0.29, 0.717) is 25.4 Å². The molecule has 0 radical (unpaired) electrons. The Kier molecular flexibility index (Phi) is 9.29. The first-order valence-electron chi connectivity index (χ1n) is 11.4. The second-order valence-electron chi connectivity index (χ2n) is 8.10. The molecule has 1 saturated heterocycles. The van der Waals surface area contributed by atoms with Crippen molar-refractivity contribution >= 4 is 34.8 Å². The third-order valence-electron chi connectivity index (χ3n) is 5.47. The van der Waals surface area contributed by atoms with Crippen LogP contribution in [0.5, 0.6) is 5.75 Å². The van der Waals surface area contributed by atoms with Gasteiger partial charge in [0.1, 0.15) is 5.69 Å². The van der Waals surface area contributed by atoms with Gasteiger partial charge in [0.05, 0.1) is 12.2 Å². The Morgan fingerprint density at radius 3 is 2.65 bits per heavy atom. The quantitative estimate of drug-likeness (QED) is 0.436. The van der Waals surface area contributed by atoms with Crippen LogP contribution >= 0.6 is 12.2 Å². The van der Waals surface area contributed by atoms with Crippen LogP contribution < -0.4 is 15.4 Å². The number of aromatic nitrogens is 1. The molecule has 2 heterocycles. The Morgan fingerprint density at radius 2 is 1.94 bits per heavy atom. The number of carbonyl (C=O) groups is 2. The van der Waals surface area contributed by atoms with Crippen LogP contribution in [0.3, 0.4) is 0 Å². The fraction of sp³-hybridized carbons (Fsp3) is 0.417. The number of amides is 2. The van der Waals surface area contributed by atoms with Crippen LogP contribution in [-0.2, 0) is 0 Å². The summed E-state index contributed by atoms with van der Waals surface area (Å²) >= 11 is 5.22. The number of rotatable bonds is 8. The number of piperazine rings is 1. The first-order chi connectivity index (χ1) is 16.4. The minimum absolute atomic E-state index is 0.0251. The minimum Gasteiger partial charge on any atom is -0.491 e. The van der Waals surface area contributed by atoms with Gasteiger partial charge in [0.15, 0.2) is 16.7 Å². The summed E-state index contributed by atoms with van der Waals surface area (Å²) in [5.74, 6) is -1.23. The average molecular weight is 488 g/mol. The summed E-state index contributed by atoms with van der Waals surface area (Å²) in [7, 11) is 2.00. The van der Waals surface area contributed by atoms with Crippen molar-refractivity contribution in [3.05, 3.63) is 53.6 Å². The predicted molar refractivity (Wildman–Crippen MR) is 133 cm³/mol. The zero-order valence-corrected chi connectivity index (χ0v) is 20.3. The van der Waals surface area contributed by atoms with Gasteiger partial charge in [0.2, 0.25) is 0 Å². The molecular weight excluding hydrogens is 457 g/mol. The summed E-state index contributed by atoms with van der Waals surface area (Å²) in [5, 5.41) is 5.30. The summed E-state index contributed by atoms with van der Waals surface area (Å²) in [6.07, 6.45) is 4.42. The zero-order valence-electron chi connectivity index (χ0n) is 19.5. The van der Waals surface area contributed by atoms with Crippen LogP contribution in [0.25, 0.3) is 0 Å². The third kappa shape index (κ3) is 6.94. The molecule has 34 heavy (non-hydrogen) atoms. The molecule has 0 atom stereocenters. The second-order valence-corrected chi connectivity index (χ2v) is 8.51. The normalized spacial score (nSPS) is 13.9. The van der Waals surface area contributed by atoms with Gasteiger partial charge in [-0.15, -0.1) is 0 Å². The Morgan fingerprint density at radius 1 is 1.18 bits per heavy atom. The molecule has 0 unspecified atom stereocenters. The maximum atomic E-state index is 14.3. The molecule has 1 aliphatic rings. The van der Waals surface area contributed by atoms with Crippen molar-refractivity contribution in [3.63, 3.8) is 0 Å². The summed E-state index contributed by atoms with van der Waals surface area (Å²) in [4.78, 5) is 33.8. The molecule has 0 aliphatic carbocycles. The van der Waals surface area contributed by atoms with E-state index in [9.17, 15) is 14.0 Å². The molecule has 10 heteroatoms. The van der Waals surface area contributed by atoms with Crippen LogP contribution in [0.1, 0.15) is 47.0 Å². The Bertz CT molecular complexity index is 1030. The number of thiocarbonyl (C=S) groups is 1. The summed E-state index contributed by atoms with van der Waals surface area (Å²) in [6.45, 7) is 5.18. The summed E-state index contributed by atoms with van der Waals surface area (Å²) in [5.41, 5.74) is 0.559. The van der Waals surface area contributed by atoms with Crippen molar-refractivity contribution in [1.82, 2.24) is 20.1 Å².